The van der Waals surface area contributed by atoms with E-state index in [1.807, 2.05) is 42.5 Å². The Morgan fingerprint density at radius 2 is 1.72 bits per heavy atom. The average Bonchev–Trinajstić information content (AvgIpc) is 3.58. The van der Waals surface area contributed by atoms with E-state index in [0.717, 1.165) is 10.9 Å². The smallest absolute Gasteiger partial charge is 0.279 e. The van der Waals surface area contributed by atoms with Gasteiger partial charge in [0.2, 0.25) is 14.3 Å². The molecule has 7 rings (SSSR count). The zero-order valence-corrected chi connectivity index (χ0v) is 31.1. The van der Waals surface area contributed by atoms with Gasteiger partial charge in [0, 0.05) is 47.6 Å². The Kier molecular flexibility index (Phi) is 9.77. The maximum Gasteiger partial charge on any atom is 0.279 e. The maximum absolute atomic E-state index is 16.5. The van der Waals surface area contributed by atoms with Gasteiger partial charge in [0.1, 0.15) is 0 Å². The molecule has 54 heavy (non-hydrogen) atoms. The highest BCUT2D eigenvalue weighted by molar-refractivity contribution is 6.72. The third-order valence-electron chi connectivity index (χ3n) is 10.7. The van der Waals surface area contributed by atoms with E-state index < -0.39 is 42.4 Å². The third-order valence-corrected chi connectivity index (χ3v) is 13.1. The molecule has 1 spiro atoms. The second-order valence-corrected chi connectivity index (χ2v) is 18.3. The normalized spacial score (nSPS) is 20.8. The number of aliphatic hydroxyl groups excluding tert-OH is 1. The lowest BCUT2D eigenvalue weighted by molar-refractivity contribution is -0.385. The molecule has 3 heterocycles. The number of halogens is 1. The molecule has 14 heteroatoms. The molecule has 12 nitrogen and oxygen atoms in total. The van der Waals surface area contributed by atoms with Crippen molar-refractivity contribution in [2.45, 2.75) is 56.8 Å². The molecular weight excluding hydrogens is 710 g/mol. The number of aliphatic hydroxyl groups is 1. The van der Waals surface area contributed by atoms with Crippen LogP contribution in [0, 0.1) is 16.0 Å². The van der Waals surface area contributed by atoms with Gasteiger partial charge in [-0.1, -0.05) is 67.6 Å². The van der Waals surface area contributed by atoms with Crippen LogP contribution in [0.25, 0.3) is 16.5 Å². The lowest BCUT2D eigenvalue weighted by atomic mass is 9.82. The molecule has 0 radical (unpaired) electrons. The van der Waals surface area contributed by atoms with Gasteiger partial charge in [0.05, 0.1) is 53.6 Å². The van der Waals surface area contributed by atoms with Crippen molar-refractivity contribution < 1.29 is 28.5 Å². The largest absolute Gasteiger partial charge is 0.395 e. The minimum absolute atomic E-state index is 0.0495. The standard InChI is InChI=1S/C40H40FN5O7Si/c1-26-37(54(2,3)41)35(22-36(48)43(19-20-47)24-27-9-5-4-6-10-27)53-40(26)33-21-31(46(51)52)17-18-34(33)44(39(40)50)25-28-13-15-30(16-14-28)45-38(49)32-12-8-7-11-29(32)23-42-45/h4-18,21,23,26,35,37,47H,19-20,22,24-25H2,1-3H3/t26-,35+,37-,40+/m0/s1. The van der Waals surface area contributed by atoms with E-state index in [0.29, 0.717) is 22.3 Å². The van der Waals surface area contributed by atoms with Crippen LogP contribution in [0.3, 0.4) is 0 Å². The topological polar surface area (TPSA) is 148 Å². The number of carbonyl (C=O) groups excluding carboxylic acids is 2. The van der Waals surface area contributed by atoms with Crippen LogP contribution in [0.15, 0.2) is 108 Å². The summed E-state index contributed by atoms with van der Waals surface area (Å²) in [5.41, 5.74) is -0.426. The fourth-order valence-electron chi connectivity index (χ4n) is 8.22. The Bertz CT molecular complexity index is 2300. The molecule has 0 bridgehead atoms. The number of hydrogen-bond acceptors (Lipinski definition) is 8. The fraction of sp³-hybridized carbons (Fsp3) is 0.300. The molecule has 1 aromatic heterocycles. The van der Waals surface area contributed by atoms with Crippen molar-refractivity contribution in [2.75, 3.05) is 18.1 Å². The lowest BCUT2D eigenvalue weighted by Gasteiger charge is -2.31. The Hall–Kier alpha value is -5.57. The second-order valence-electron chi connectivity index (χ2n) is 14.5. The summed E-state index contributed by atoms with van der Waals surface area (Å²) in [6, 6.07) is 27.6. The van der Waals surface area contributed by atoms with Crippen molar-refractivity contribution in [2.24, 2.45) is 5.92 Å². The van der Waals surface area contributed by atoms with Crippen LogP contribution in [0.4, 0.5) is 15.5 Å². The summed E-state index contributed by atoms with van der Waals surface area (Å²) in [6.07, 6.45) is 0.360. The van der Waals surface area contributed by atoms with Gasteiger partial charge in [-0.05, 0) is 48.5 Å². The number of aromatic nitrogens is 2. The number of nitrogens with zero attached hydrogens (tertiary/aromatic N) is 5. The molecule has 0 saturated carbocycles. The summed E-state index contributed by atoms with van der Waals surface area (Å²) in [5, 5.41) is 27.4. The zero-order chi connectivity index (χ0) is 38.4. The van der Waals surface area contributed by atoms with E-state index >= 15 is 4.11 Å². The minimum Gasteiger partial charge on any atom is -0.395 e. The number of nitro benzene ring substituents is 1. The summed E-state index contributed by atoms with van der Waals surface area (Å²) in [5.74, 6) is -1.65. The van der Waals surface area contributed by atoms with E-state index in [1.165, 1.54) is 45.8 Å². The number of amides is 2. The van der Waals surface area contributed by atoms with Gasteiger partial charge in [0.25, 0.3) is 17.2 Å². The highest BCUT2D eigenvalue weighted by Gasteiger charge is 2.67. The van der Waals surface area contributed by atoms with E-state index in [1.54, 1.807) is 49.5 Å². The number of non-ortho nitro benzene ring substituents is 1. The number of rotatable bonds is 11. The van der Waals surface area contributed by atoms with Crippen LogP contribution < -0.4 is 10.5 Å². The van der Waals surface area contributed by atoms with Gasteiger partial charge >= 0.3 is 0 Å². The van der Waals surface area contributed by atoms with E-state index in [4.69, 9.17) is 4.74 Å². The Morgan fingerprint density at radius 3 is 2.41 bits per heavy atom. The van der Waals surface area contributed by atoms with Crippen molar-refractivity contribution in [3.63, 3.8) is 0 Å². The zero-order valence-electron chi connectivity index (χ0n) is 30.1. The predicted molar refractivity (Wildman–Crippen MR) is 203 cm³/mol. The highest BCUT2D eigenvalue weighted by Crippen LogP contribution is 2.60. The van der Waals surface area contributed by atoms with Crippen molar-refractivity contribution in [1.29, 1.82) is 0 Å². The number of ether oxygens (including phenoxy) is 1. The van der Waals surface area contributed by atoms with Gasteiger partial charge in [-0.25, -0.2) is 0 Å². The van der Waals surface area contributed by atoms with E-state index in [-0.39, 0.29) is 55.4 Å². The first-order valence-electron chi connectivity index (χ1n) is 17.8. The summed E-state index contributed by atoms with van der Waals surface area (Å²) in [4.78, 5) is 56.4. The van der Waals surface area contributed by atoms with Crippen LogP contribution in [0.2, 0.25) is 18.6 Å². The molecule has 2 amide bonds. The van der Waals surface area contributed by atoms with Gasteiger partial charge in [-0.15, -0.1) is 0 Å². The first kappa shape index (κ1) is 36.8. The molecular formula is C40H40FN5O7Si. The van der Waals surface area contributed by atoms with Gasteiger partial charge in [0.15, 0.2) is 5.60 Å². The Labute approximate surface area is 311 Å². The number of anilines is 1. The number of benzene rings is 4. The number of hydrogen-bond donors (Lipinski definition) is 1. The predicted octanol–water partition coefficient (Wildman–Crippen LogP) is 6.03. The van der Waals surface area contributed by atoms with Crippen molar-refractivity contribution in [3.05, 3.63) is 140 Å². The van der Waals surface area contributed by atoms with Gasteiger partial charge in [-0.2, -0.15) is 9.78 Å². The summed E-state index contributed by atoms with van der Waals surface area (Å²) in [7, 11) is -3.66. The quantitative estimate of drug-likeness (QED) is 0.0746. The van der Waals surface area contributed by atoms with Crippen LogP contribution in [-0.4, -0.2) is 64.2 Å². The summed E-state index contributed by atoms with van der Waals surface area (Å²) < 4.78 is 24.5. The first-order chi connectivity index (χ1) is 25.8. The van der Waals surface area contributed by atoms with Crippen LogP contribution in [-0.2, 0) is 33.0 Å². The molecule has 0 aliphatic carbocycles. The highest BCUT2D eigenvalue weighted by atomic mass is 28.4. The van der Waals surface area contributed by atoms with Crippen molar-refractivity contribution in [1.82, 2.24) is 14.7 Å². The number of fused-ring (bicyclic) bond motifs is 3. The van der Waals surface area contributed by atoms with Crippen LogP contribution >= 0.6 is 0 Å². The maximum atomic E-state index is 16.5. The molecule has 1 N–H and O–H groups in total. The monoisotopic (exact) mass is 749 g/mol. The summed E-state index contributed by atoms with van der Waals surface area (Å²) >= 11 is 0. The molecule has 4 aromatic carbocycles. The number of carbonyl (C=O) groups is 2. The molecule has 5 aromatic rings. The molecule has 0 unspecified atom stereocenters. The lowest BCUT2D eigenvalue weighted by Crippen LogP contribution is -2.45. The molecule has 1 fully saturated rings. The Morgan fingerprint density at radius 1 is 1.02 bits per heavy atom. The Balaban J connectivity index is 1.22. The average molecular weight is 750 g/mol. The van der Waals surface area contributed by atoms with Crippen LogP contribution in [0.1, 0.15) is 30.0 Å². The van der Waals surface area contributed by atoms with E-state index in [9.17, 15) is 29.6 Å². The van der Waals surface area contributed by atoms with Crippen LogP contribution in [0.5, 0.6) is 0 Å². The second kappa shape index (κ2) is 14.3. The molecule has 2 aliphatic heterocycles. The SMILES string of the molecule is C[C@H]1[C@H]([Si](C)(C)F)[C@@H](CC(=O)N(CCO)Cc2ccccc2)O[C@]12C(=O)N(Cc1ccc(-n3ncc4ccccc4c3=O)cc1)c1ccc([N+](=O)[O-])cc12. The van der Waals surface area contributed by atoms with Crippen molar-refractivity contribution >= 4 is 42.4 Å². The molecule has 1 saturated heterocycles. The molecule has 2 aliphatic rings. The van der Waals surface area contributed by atoms with Gasteiger partial charge < -0.3 is 23.8 Å². The number of nitro groups is 1. The summed E-state index contributed by atoms with van der Waals surface area (Å²) in [6.45, 7) is 4.81. The van der Waals surface area contributed by atoms with Gasteiger partial charge in [-0.3, -0.25) is 24.5 Å². The molecule has 4 atom stereocenters. The molecule has 278 valence electrons. The third kappa shape index (κ3) is 6.50. The first-order valence-corrected chi connectivity index (χ1v) is 20.8. The fourth-order valence-corrected chi connectivity index (χ4v) is 10.7. The van der Waals surface area contributed by atoms with E-state index in [2.05, 4.69) is 5.10 Å². The van der Waals surface area contributed by atoms with Crippen molar-refractivity contribution in [3.8, 4) is 5.69 Å². The minimum atomic E-state index is -3.66.